The van der Waals surface area contributed by atoms with E-state index in [0.717, 1.165) is 33.3 Å². The Kier molecular flexibility index (Phi) is 14.0. The Balaban J connectivity index is 0.000000669. The van der Waals surface area contributed by atoms with Crippen molar-refractivity contribution in [2.75, 3.05) is 25.9 Å². The standard InChI is InChI=1S/C14H28F3NO.C8H7F3N2O3/c1-3-4-5-6-7-8-9-10-11-18-12-13(2,19)14(15,16)17;1-16-6-3(8(9,10)11)2-4(12)5(13-6)7(14)15/h18-19H,3-12H2,1-2H3;2H,12H2,1H3,(H,14,15)/t13-;/m1./s1. The van der Waals surface area contributed by atoms with Crippen molar-refractivity contribution in [1.29, 1.82) is 0 Å². The molecule has 5 N–H and O–H groups in total. The van der Waals surface area contributed by atoms with E-state index in [0.29, 0.717) is 12.6 Å². The summed E-state index contributed by atoms with van der Waals surface area (Å²) in [5.41, 5.74) is 0.0563. The predicted molar refractivity (Wildman–Crippen MR) is 119 cm³/mol. The zero-order valence-electron chi connectivity index (χ0n) is 20.2. The van der Waals surface area contributed by atoms with Gasteiger partial charge in [-0.25, -0.2) is 9.78 Å². The van der Waals surface area contributed by atoms with Crippen LogP contribution in [-0.4, -0.2) is 53.1 Å². The summed E-state index contributed by atoms with van der Waals surface area (Å²) in [7, 11) is 0.958. The molecule has 0 spiro atoms. The maximum atomic E-state index is 12.4. The molecule has 1 aromatic rings. The summed E-state index contributed by atoms with van der Waals surface area (Å²) in [4.78, 5) is 13.8. The normalized spacial score (nSPS) is 13.5. The Labute approximate surface area is 201 Å². The van der Waals surface area contributed by atoms with Crippen molar-refractivity contribution in [3.8, 4) is 5.88 Å². The summed E-state index contributed by atoms with van der Waals surface area (Å²) in [6, 6.07) is 0.481. The van der Waals surface area contributed by atoms with Gasteiger partial charge in [-0.15, -0.1) is 0 Å². The maximum Gasteiger partial charge on any atom is 0.421 e. The van der Waals surface area contributed by atoms with Gasteiger partial charge >= 0.3 is 18.3 Å². The fourth-order valence-electron chi connectivity index (χ4n) is 2.86. The van der Waals surface area contributed by atoms with Crippen molar-refractivity contribution in [2.24, 2.45) is 0 Å². The van der Waals surface area contributed by atoms with E-state index >= 15 is 0 Å². The van der Waals surface area contributed by atoms with Gasteiger partial charge in [-0.1, -0.05) is 51.9 Å². The molecule has 0 unspecified atom stereocenters. The first-order valence-corrected chi connectivity index (χ1v) is 11.2. The van der Waals surface area contributed by atoms with Gasteiger partial charge in [0.2, 0.25) is 5.88 Å². The number of carbonyl (C=O) groups is 1. The lowest BCUT2D eigenvalue weighted by Gasteiger charge is -2.26. The number of ether oxygens (including phenoxy) is 1. The number of hydrogen-bond acceptors (Lipinski definition) is 6. The van der Waals surface area contributed by atoms with Gasteiger partial charge in [0.1, 0.15) is 5.56 Å². The summed E-state index contributed by atoms with van der Waals surface area (Å²) in [6.45, 7) is 3.07. The highest BCUT2D eigenvalue weighted by atomic mass is 19.4. The van der Waals surface area contributed by atoms with Crippen LogP contribution in [0.1, 0.15) is 81.3 Å². The van der Waals surface area contributed by atoms with E-state index in [9.17, 15) is 36.2 Å². The Morgan fingerprint density at radius 3 is 2.00 bits per heavy atom. The summed E-state index contributed by atoms with van der Waals surface area (Å²) in [5.74, 6) is -2.34. The predicted octanol–water partition coefficient (Wildman–Crippen LogP) is 5.42. The Morgan fingerprint density at radius 1 is 1.06 bits per heavy atom. The van der Waals surface area contributed by atoms with Crippen LogP contribution < -0.4 is 15.8 Å². The van der Waals surface area contributed by atoms with Gasteiger partial charge in [0.05, 0.1) is 12.8 Å². The fraction of sp³-hybridized carbons (Fsp3) is 0.727. The van der Waals surface area contributed by atoms with E-state index in [1.54, 1.807) is 0 Å². The number of anilines is 1. The topological polar surface area (TPSA) is 118 Å². The highest BCUT2D eigenvalue weighted by Gasteiger charge is 2.49. The number of nitrogens with two attached hydrogens (primary N) is 1. The van der Waals surface area contributed by atoms with Gasteiger partial charge in [-0.2, -0.15) is 26.3 Å². The lowest BCUT2D eigenvalue weighted by molar-refractivity contribution is -0.250. The molecule has 1 rings (SSSR count). The number of aromatic nitrogens is 1. The molecule has 35 heavy (non-hydrogen) atoms. The molecular weight excluding hydrogens is 484 g/mol. The van der Waals surface area contributed by atoms with Crippen molar-refractivity contribution < 1.29 is 46.1 Å². The van der Waals surface area contributed by atoms with Crippen molar-refractivity contribution in [3.05, 3.63) is 17.3 Å². The third-order valence-corrected chi connectivity index (χ3v) is 5.01. The molecule has 1 aromatic heterocycles. The third kappa shape index (κ3) is 12.3. The van der Waals surface area contributed by atoms with E-state index in [1.165, 1.54) is 32.1 Å². The number of hydrogen-bond donors (Lipinski definition) is 4. The number of nitrogens with one attached hydrogen (secondary N) is 1. The molecule has 1 atom stereocenters. The number of unbranched alkanes of at least 4 members (excludes halogenated alkanes) is 7. The van der Waals surface area contributed by atoms with Crippen LogP contribution in [0.2, 0.25) is 0 Å². The summed E-state index contributed by atoms with van der Waals surface area (Å²) in [5, 5.41) is 20.5. The Hall–Kier alpha value is -2.28. The highest BCUT2D eigenvalue weighted by molar-refractivity contribution is 5.91. The molecule has 7 nitrogen and oxygen atoms in total. The van der Waals surface area contributed by atoms with E-state index < -0.39 is 53.3 Å². The summed E-state index contributed by atoms with van der Waals surface area (Å²) >= 11 is 0. The average Bonchev–Trinajstić information content (AvgIpc) is 2.73. The summed E-state index contributed by atoms with van der Waals surface area (Å²) in [6.07, 6.45) is 0.0312. The Bertz CT molecular complexity index is 771. The zero-order chi connectivity index (χ0) is 27.3. The molecular formula is C22H35F6N3O4. The van der Waals surface area contributed by atoms with Crippen LogP contribution in [0.15, 0.2) is 6.07 Å². The molecule has 0 aliphatic heterocycles. The number of halogens is 6. The molecule has 13 heteroatoms. The summed E-state index contributed by atoms with van der Waals surface area (Å²) < 4.78 is 78.6. The minimum Gasteiger partial charge on any atom is -0.481 e. The quantitative estimate of drug-likeness (QED) is 0.203. The largest absolute Gasteiger partial charge is 0.481 e. The Morgan fingerprint density at radius 2 is 1.57 bits per heavy atom. The second-order valence-corrected chi connectivity index (χ2v) is 8.21. The van der Waals surface area contributed by atoms with E-state index in [1.807, 2.05) is 0 Å². The van der Waals surface area contributed by atoms with Crippen molar-refractivity contribution in [2.45, 2.75) is 83.2 Å². The molecule has 204 valence electrons. The van der Waals surface area contributed by atoms with Gasteiger partial charge in [0, 0.05) is 6.54 Å². The van der Waals surface area contributed by atoms with Gasteiger partial charge in [0.15, 0.2) is 11.3 Å². The number of aromatic carboxylic acids is 1. The second-order valence-electron chi connectivity index (χ2n) is 8.21. The van der Waals surface area contributed by atoms with Crippen molar-refractivity contribution in [1.82, 2.24) is 10.3 Å². The molecule has 0 saturated heterocycles. The van der Waals surface area contributed by atoms with Gasteiger partial charge < -0.3 is 26.0 Å². The number of rotatable bonds is 13. The van der Waals surface area contributed by atoms with Crippen LogP contribution in [-0.2, 0) is 6.18 Å². The van der Waals surface area contributed by atoms with E-state index in [-0.39, 0.29) is 0 Å². The molecule has 0 saturated carbocycles. The van der Waals surface area contributed by atoms with Gasteiger partial charge in [0.25, 0.3) is 0 Å². The minimum atomic E-state index is -4.70. The molecule has 0 aromatic carbocycles. The van der Waals surface area contributed by atoms with Gasteiger partial charge in [-0.3, -0.25) is 0 Å². The number of aliphatic hydroxyl groups is 1. The van der Waals surface area contributed by atoms with Crippen LogP contribution >= 0.6 is 0 Å². The molecule has 0 bridgehead atoms. The molecule has 0 aliphatic rings. The van der Waals surface area contributed by atoms with Crippen LogP contribution in [0.5, 0.6) is 5.88 Å². The van der Waals surface area contributed by atoms with Crippen molar-refractivity contribution in [3.63, 3.8) is 0 Å². The first kappa shape index (κ1) is 32.7. The molecule has 0 fully saturated rings. The van der Waals surface area contributed by atoms with Crippen LogP contribution in [0, 0.1) is 0 Å². The van der Waals surface area contributed by atoms with Crippen LogP contribution in [0.3, 0.4) is 0 Å². The number of carboxylic acids is 1. The monoisotopic (exact) mass is 519 g/mol. The lowest BCUT2D eigenvalue weighted by atomic mass is 10.1. The molecule has 0 radical (unpaired) electrons. The zero-order valence-corrected chi connectivity index (χ0v) is 20.2. The van der Waals surface area contributed by atoms with E-state index in [2.05, 4.69) is 22.0 Å². The van der Waals surface area contributed by atoms with Crippen LogP contribution in [0.25, 0.3) is 0 Å². The number of nitrogens with zero attached hydrogens (tertiary/aromatic N) is 1. The number of alkyl halides is 6. The number of nitrogen functional groups attached to an aromatic ring is 1. The number of pyridine rings is 1. The lowest BCUT2D eigenvalue weighted by Crippen LogP contribution is -2.50. The molecule has 0 aliphatic carbocycles. The first-order chi connectivity index (χ1) is 16.1. The van der Waals surface area contributed by atoms with Gasteiger partial charge in [-0.05, 0) is 26.0 Å². The number of methoxy groups -OCH3 is 1. The molecule has 0 amide bonds. The highest BCUT2D eigenvalue weighted by Crippen LogP contribution is 2.36. The average molecular weight is 520 g/mol. The first-order valence-electron chi connectivity index (χ1n) is 11.2. The van der Waals surface area contributed by atoms with E-state index in [4.69, 9.17) is 10.8 Å². The third-order valence-electron chi connectivity index (χ3n) is 5.01. The minimum absolute atomic E-state index is 0.438. The van der Waals surface area contributed by atoms with Crippen molar-refractivity contribution >= 4 is 11.7 Å². The molecule has 1 heterocycles. The second kappa shape index (κ2) is 15.0. The maximum absolute atomic E-state index is 12.4. The fourth-order valence-corrected chi connectivity index (χ4v) is 2.86. The van der Waals surface area contributed by atoms with Crippen LogP contribution in [0.4, 0.5) is 32.0 Å². The smallest absolute Gasteiger partial charge is 0.421 e. The number of carboxylic acid groups (broad SMARTS) is 1. The SMILES string of the molecule is CCCCCCCCCCNC[C@@](C)(O)C(F)(F)F.COc1nc(C(=O)O)c(N)cc1C(F)(F)F.